The molecule has 1 spiro atoms. The predicted molar refractivity (Wildman–Crippen MR) is 152 cm³/mol. The summed E-state index contributed by atoms with van der Waals surface area (Å²) in [6, 6.07) is 2.96. The molecule has 0 bridgehead atoms. The van der Waals surface area contributed by atoms with Crippen LogP contribution >= 0.6 is 0 Å². The minimum atomic E-state index is -2.18. The van der Waals surface area contributed by atoms with E-state index in [1.165, 1.54) is 14.0 Å². The van der Waals surface area contributed by atoms with Gasteiger partial charge in [-0.25, -0.2) is 4.79 Å². The number of carbonyl (C=O) groups is 2. The molecule has 222 valence electrons. The summed E-state index contributed by atoms with van der Waals surface area (Å²) in [5.74, 6) is -0.834. The number of ether oxygens (including phenoxy) is 3. The van der Waals surface area contributed by atoms with Crippen molar-refractivity contribution >= 4 is 30.2 Å². The van der Waals surface area contributed by atoms with Gasteiger partial charge < -0.3 is 33.9 Å². The number of carbonyl (C=O) groups excluding carboxylic acids is 2. The van der Waals surface area contributed by atoms with Crippen LogP contribution in [0.3, 0.4) is 0 Å². The number of rotatable bonds is 5. The van der Waals surface area contributed by atoms with Gasteiger partial charge in [0.15, 0.2) is 6.10 Å². The quantitative estimate of drug-likeness (QED) is 0.310. The fourth-order valence-electron chi connectivity index (χ4n) is 8.44. The van der Waals surface area contributed by atoms with Crippen LogP contribution in [0, 0.1) is 5.41 Å². The Balaban J connectivity index is 1.60. The fraction of sp³-hybridized carbons (Fsp3) is 0.667. The van der Waals surface area contributed by atoms with Crippen molar-refractivity contribution in [3.05, 3.63) is 29.8 Å². The third-order valence-corrected chi connectivity index (χ3v) is 10.9. The van der Waals surface area contributed by atoms with Crippen LogP contribution in [0.5, 0.6) is 5.75 Å². The van der Waals surface area contributed by atoms with E-state index in [-0.39, 0.29) is 6.04 Å². The molecular weight excluding hydrogens is 527 g/mol. The van der Waals surface area contributed by atoms with E-state index in [0.717, 1.165) is 29.8 Å². The van der Waals surface area contributed by atoms with Crippen molar-refractivity contribution in [2.45, 2.75) is 94.8 Å². The number of fused-ring (bicyclic) bond motifs is 1. The molecule has 0 aromatic heterocycles. The Kier molecular flexibility index (Phi) is 6.23. The topological polar surface area (TPSA) is 116 Å². The Morgan fingerprint density at radius 2 is 1.85 bits per heavy atom. The lowest BCUT2D eigenvalue weighted by molar-refractivity contribution is -0.226. The Hall–Kier alpha value is -2.60. The molecule has 1 aromatic carbocycles. The zero-order chi connectivity index (χ0) is 29.8. The second kappa shape index (κ2) is 8.95. The molecule has 4 aliphatic heterocycles. The second-order valence-corrected chi connectivity index (χ2v) is 13.2. The molecule has 0 radical (unpaired) electrons. The van der Waals surface area contributed by atoms with E-state index in [1.54, 1.807) is 7.11 Å². The first kappa shape index (κ1) is 28.5. The first-order valence-corrected chi connectivity index (χ1v) is 14.5. The number of nitrogens with one attached hydrogen (secondary N) is 1. The van der Waals surface area contributed by atoms with Crippen molar-refractivity contribution in [3.63, 3.8) is 0 Å². The van der Waals surface area contributed by atoms with Crippen molar-refractivity contribution in [1.29, 1.82) is 0 Å². The average molecular weight is 568 g/mol. The molecule has 1 aliphatic carbocycles. The standard InChI is InChI=1S/C30H41BN2O8/c1-9-28-11-10-13-33-14-12-29(23(28)33)18-15-19(31-40-26(3,4)27(5,6)41-31)21(37-7)16-20(18)32-22(29)30(36,25(35)38-8)24(28)39-17(2)34/h10-11,15-16,22-24,32,36H,9,12-14H2,1-8H3/t22?,23-,24+,28+,29-,30-/m0/s1. The van der Waals surface area contributed by atoms with Crippen LogP contribution in [0.25, 0.3) is 0 Å². The molecule has 6 atom stereocenters. The van der Waals surface area contributed by atoms with E-state index < -0.39 is 58.8 Å². The van der Waals surface area contributed by atoms with Gasteiger partial charge in [0, 0.05) is 47.6 Å². The highest BCUT2D eigenvalue weighted by Crippen LogP contribution is 2.66. The van der Waals surface area contributed by atoms with Gasteiger partial charge in [0.05, 0.1) is 31.5 Å². The lowest BCUT2D eigenvalue weighted by atomic mass is 9.47. The Morgan fingerprint density at radius 3 is 2.44 bits per heavy atom. The second-order valence-electron chi connectivity index (χ2n) is 13.2. The maximum absolute atomic E-state index is 13.7. The minimum Gasteiger partial charge on any atom is -0.497 e. The van der Waals surface area contributed by atoms with Crippen LogP contribution in [0.4, 0.5) is 5.69 Å². The first-order valence-electron chi connectivity index (χ1n) is 14.5. The van der Waals surface area contributed by atoms with Gasteiger partial charge in [-0.2, -0.15) is 0 Å². The Labute approximate surface area is 241 Å². The SMILES string of the molecule is CC[C@]12C=CCN3CC[C@@]4(c5cc(B6OC(C)(C)C(C)(C)O6)c(OC)cc5NC4[C@@](O)(C(=O)OC)[C@@H]1OC(C)=O)[C@@H]32. The van der Waals surface area contributed by atoms with Gasteiger partial charge in [-0.15, -0.1) is 0 Å². The van der Waals surface area contributed by atoms with Gasteiger partial charge >= 0.3 is 19.1 Å². The predicted octanol–water partition coefficient (Wildman–Crippen LogP) is 1.92. The Morgan fingerprint density at radius 1 is 1.17 bits per heavy atom. The maximum atomic E-state index is 13.7. The summed E-state index contributed by atoms with van der Waals surface area (Å²) in [6.07, 6.45) is 4.14. The van der Waals surface area contributed by atoms with Crippen LogP contribution in [0.2, 0.25) is 0 Å². The molecule has 0 amide bonds. The van der Waals surface area contributed by atoms with Gasteiger partial charge in [0.25, 0.3) is 0 Å². The van der Waals surface area contributed by atoms with Crippen LogP contribution in [-0.2, 0) is 33.8 Å². The normalized spacial score (nSPS) is 37.6. The molecule has 5 aliphatic rings. The van der Waals surface area contributed by atoms with E-state index in [1.807, 2.05) is 40.7 Å². The Bertz CT molecular complexity index is 1320. The lowest BCUT2D eigenvalue weighted by Gasteiger charge is -2.62. The monoisotopic (exact) mass is 568 g/mol. The van der Waals surface area contributed by atoms with E-state index in [2.05, 4.69) is 28.4 Å². The van der Waals surface area contributed by atoms with Crippen LogP contribution in [0.1, 0.15) is 59.9 Å². The molecule has 1 aromatic rings. The molecular formula is C30H41BN2O8. The highest BCUT2D eigenvalue weighted by Gasteiger charge is 2.79. The van der Waals surface area contributed by atoms with Gasteiger partial charge in [-0.3, -0.25) is 9.69 Å². The van der Waals surface area contributed by atoms with Crippen molar-refractivity contribution in [1.82, 2.24) is 4.90 Å². The van der Waals surface area contributed by atoms with Crippen molar-refractivity contribution in [3.8, 4) is 5.75 Å². The molecule has 41 heavy (non-hydrogen) atoms. The number of esters is 2. The van der Waals surface area contributed by atoms with Crippen LogP contribution in [-0.4, -0.2) is 91.4 Å². The van der Waals surface area contributed by atoms with Crippen LogP contribution < -0.4 is 15.5 Å². The van der Waals surface area contributed by atoms with E-state index in [9.17, 15) is 14.7 Å². The third kappa shape index (κ3) is 3.46. The number of anilines is 1. The molecule has 4 heterocycles. The van der Waals surface area contributed by atoms with Crippen molar-refractivity contribution in [2.75, 3.05) is 32.6 Å². The highest BCUT2D eigenvalue weighted by atomic mass is 16.7. The maximum Gasteiger partial charge on any atom is 0.498 e. The zero-order valence-electron chi connectivity index (χ0n) is 25.2. The largest absolute Gasteiger partial charge is 0.498 e. The number of hydrogen-bond donors (Lipinski definition) is 2. The van der Waals surface area contributed by atoms with Crippen molar-refractivity contribution < 1.29 is 38.2 Å². The summed E-state index contributed by atoms with van der Waals surface area (Å²) in [7, 11) is 2.18. The number of hydrogen-bond acceptors (Lipinski definition) is 10. The summed E-state index contributed by atoms with van der Waals surface area (Å²) >= 11 is 0. The molecule has 10 nitrogen and oxygen atoms in total. The van der Waals surface area contributed by atoms with Crippen LogP contribution in [0.15, 0.2) is 24.3 Å². The lowest BCUT2D eigenvalue weighted by Crippen LogP contribution is -2.80. The molecule has 1 saturated carbocycles. The minimum absolute atomic E-state index is 0.169. The molecule has 2 saturated heterocycles. The molecule has 1 unspecified atom stereocenters. The fourth-order valence-corrected chi connectivity index (χ4v) is 8.44. The van der Waals surface area contributed by atoms with Gasteiger partial charge in [-0.05, 0) is 52.6 Å². The van der Waals surface area contributed by atoms with E-state index in [0.29, 0.717) is 18.6 Å². The van der Waals surface area contributed by atoms with E-state index in [4.69, 9.17) is 23.5 Å². The van der Waals surface area contributed by atoms with Gasteiger partial charge in [0.2, 0.25) is 5.60 Å². The zero-order valence-corrected chi connectivity index (χ0v) is 25.2. The number of nitrogens with zero attached hydrogens (tertiary/aromatic N) is 1. The summed E-state index contributed by atoms with van der Waals surface area (Å²) in [6.45, 7) is 12.8. The number of aliphatic hydroxyl groups is 1. The van der Waals surface area contributed by atoms with Crippen molar-refractivity contribution in [2.24, 2.45) is 5.41 Å². The average Bonchev–Trinajstić information content (AvgIpc) is 3.55. The molecule has 6 rings (SSSR count). The van der Waals surface area contributed by atoms with Gasteiger partial charge in [-0.1, -0.05) is 25.1 Å². The molecule has 11 heteroatoms. The summed E-state index contributed by atoms with van der Waals surface area (Å²) in [5.41, 5.74) is -2.41. The summed E-state index contributed by atoms with van der Waals surface area (Å²) in [4.78, 5) is 28.6. The van der Waals surface area contributed by atoms with E-state index >= 15 is 0 Å². The number of methoxy groups -OCH3 is 2. The van der Waals surface area contributed by atoms with Gasteiger partial charge in [0.1, 0.15) is 5.75 Å². The summed E-state index contributed by atoms with van der Waals surface area (Å²) < 4.78 is 29.9. The summed E-state index contributed by atoms with van der Waals surface area (Å²) in [5, 5.41) is 16.1. The first-order chi connectivity index (χ1) is 19.2. The molecule has 3 fully saturated rings. The molecule has 2 N–H and O–H groups in total. The third-order valence-electron chi connectivity index (χ3n) is 10.9. The highest BCUT2D eigenvalue weighted by molar-refractivity contribution is 6.63. The smallest absolute Gasteiger partial charge is 0.497 e. The number of benzene rings is 1.